The Morgan fingerprint density at radius 1 is 0.929 bits per heavy atom. The van der Waals surface area contributed by atoms with E-state index in [-0.39, 0.29) is 24.6 Å². The zero-order chi connectivity index (χ0) is 20.1. The highest BCUT2D eigenvalue weighted by Crippen LogP contribution is 2.23. The first-order valence-electron chi connectivity index (χ1n) is 8.40. The van der Waals surface area contributed by atoms with Crippen molar-refractivity contribution in [2.45, 2.75) is 12.8 Å². The average molecular weight is 385 g/mol. The van der Waals surface area contributed by atoms with E-state index in [1.54, 1.807) is 24.3 Å². The summed E-state index contributed by atoms with van der Waals surface area (Å²) in [4.78, 5) is 46.3. The molecule has 5 amide bonds. The molecule has 9 heteroatoms. The molecule has 3 rings (SSSR count). The first-order chi connectivity index (χ1) is 13.4. The Morgan fingerprint density at radius 3 is 2.04 bits per heavy atom. The van der Waals surface area contributed by atoms with Gasteiger partial charge < -0.3 is 10.1 Å². The van der Waals surface area contributed by atoms with Crippen molar-refractivity contribution in [3.63, 3.8) is 0 Å². The Bertz CT molecular complexity index is 892. The third kappa shape index (κ3) is 4.91. The van der Waals surface area contributed by atoms with E-state index in [0.29, 0.717) is 17.2 Å². The molecule has 1 heterocycles. The lowest BCUT2D eigenvalue weighted by Gasteiger charge is -2.20. The fourth-order valence-electron chi connectivity index (χ4n) is 2.55. The van der Waals surface area contributed by atoms with Crippen LogP contribution in [0.5, 0.6) is 11.5 Å². The van der Waals surface area contributed by atoms with Gasteiger partial charge in [0, 0.05) is 12.1 Å². The number of urea groups is 1. The molecule has 0 aliphatic carbocycles. The van der Waals surface area contributed by atoms with Gasteiger partial charge in [0.2, 0.25) is 17.7 Å². The zero-order valence-corrected chi connectivity index (χ0v) is 14.5. The van der Waals surface area contributed by atoms with Gasteiger partial charge in [0.25, 0.3) is 0 Å². The summed E-state index contributed by atoms with van der Waals surface area (Å²) in [5, 5.41) is 6.62. The number of amides is 5. The van der Waals surface area contributed by atoms with E-state index in [2.05, 4.69) is 5.32 Å². The summed E-state index contributed by atoms with van der Waals surface area (Å²) < 4.78 is 18.4. The van der Waals surface area contributed by atoms with Gasteiger partial charge in [0.05, 0.1) is 0 Å². The number of hydrogen-bond donors (Lipinski definition) is 3. The molecule has 3 N–H and O–H groups in total. The first-order valence-corrected chi connectivity index (χ1v) is 8.40. The molecule has 8 nitrogen and oxygen atoms in total. The Balaban J connectivity index is 1.50. The molecule has 28 heavy (non-hydrogen) atoms. The smallest absolute Gasteiger partial charge is 0.328 e. The monoisotopic (exact) mass is 385 g/mol. The van der Waals surface area contributed by atoms with E-state index in [1.807, 2.05) is 10.6 Å². The first kappa shape index (κ1) is 19.0. The standard InChI is InChI=1S/C19H16FN3O5/c20-11-1-5-13(6-2-11)28-14-7-3-12(4-8-14)21-16(24)10-9-15-17(25)22-19(27)23-18(15)26/h1-8,15H,9-10H2,(H,21,24)(H2,22,23,25,26,27). The summed E-state index contributed by atoms with van der Waals surface area (Å²) in [7, 11) is 0. The van der Waals surface area contributed by atoms with Crippen LogP contribution in [-0.4, -0.2) is 23.8 Å². The molecular formula is C19H16FN3O5. The van der Waals surface area contributed by atoms with E-state index < -0.39 is 23.8 Å². The third-order valence-corrected chi connectivity index (χ3v) is 3.95. The highest BCUT2D eigenvalue weighted by molar-refractivity contribution is 6.16. The number of carbonyl (C=O) groups is 4. The molecule has 0 spiro atoms. The van der Waals surface area contributed by atoms with Gasteiger partial charge in [-0.25, -0.2) is 9.18 Å². The number of hydrogen-bond acceptors (Lipinski definition) is 5. The second-order valence-electron chi connectivity index (χ2n) is 6.03. The predicted molar refractivity (Wildman–Crippen MR) is 96.0 cm³/mol. The van der Waals surface area contributed by atoms with Crippen molar-refractivity contribution in [3.05, 3.63) is 54.3 Å². The maximum atomic E-state index is 12.9. The molecule has 0 radical (unpaired) electrons. The summed E-state index contributed by atoms with van der Waals surface area (Å²) in [6.45, 7) is 0. The van der Waals surface area contributed by atoms with E-state index in [1.165, 1.54) is 24.3 Å². The quantitative estimate of drug-likeness (QED) is 0.661. The second-order valence-corrected chi connectivity index (χ2v) is 6.03. The molecule has 144 valence electrons. The summed E-state index contributed by atoms with van der Waals surface area (Å²) in [5.41, 5.74) is 0.504. The van der Waals surface area contributed by atoms with Crippen molar-refractivity contribution in [2.75, 3.05) is 5.32 Å². The number of ether oxygens (including phenoxy) is 1. The van der Waals surface area contributed by atoms with Crippen LogP contribution in [0.3, 0.4) is 0 Å². The lowest BCUT2D eigenvalue weighted by Crippen LogP contribution is -2.55. The summed E-state index contributed by atoms with van der Waals surface area (Å²) in [6.07, 6.45) is -0.101. The van der Waals surface area contributed by atoms with E-state index in [0.717, 1.165) is 0 Å². The number of imide groups is 2. The molecule has 0 atom stereocenters. The van der Waals surface area contributed by atoms with Crippen LogP contribution >= 0.6 is 0 Å². The topological polar surface area (TPSA) is 114 Å². The van der Waals surface area contributed by atoms with Crippen molar-refractivity contribution >= 4 is 29.4 Å². The Kier molecular flexibility index (Phi) is 5.64. The van der Waals surface area contributed by atoms with Gasteiger partial charge in [-0.2, -0.15) is 0 Å². The molecule has 2 aromatic rings. The Labute approximate surface area is 159 Å². The van der Waals surface area contributed by atoms with Gasteiger partial charge in [-0.3, -0.25) is 25.0 Å². The summed E-state index contributed by atoms with van der Waals surface area (Å²) in [6, 6.07) is 11.2. The fraction of sp³-hybridized carbons (Fsp3) is 0.158. The molecule has 1 aliphatic rings. The molecule has 0 aromatic heterocycles. The van der Waals surface area contributed by atoms with E-state index >= 15 is 0 Å². The highest BCUT2D eigenvalue weighted by Gasteiger charge is 2.34. The third-order valence-electron chi connectivity index (χ3n) is 3.95. The lowest BCUT2D eigenvalue weighted by atomic mass is 9.99. The minimum absolute atomic E-state index is 0.0253. The maximum absolute atomic E-state index is 12.9. The molecule has 1 fully saturated rings. The number of carbonyl (C=O) groups excluding carboxylic acids is 4. The number of rotatable bonds is 6. The number of halogens is 1. The van der Waals surface area contributed by atoms with Crippen LogP contribution in [0, 0.1) is 11.7 Å². The van der Waals surface area contributed by atoms with Gasteiger partial charge in [0.1, 0.15) is 23.2 Å². The van der Waals surface area contributed by atoms with Crippen LogP contribution in [0.4, 0.5) is 14.9 Å². The van der Waals surface area contributed by atoms with E-state index in [9.17, 15) is 23.6 Å². The normalized spacial score (nSPS) is 14.2. The van der Waals surface area contributed by atoms with Crippen LogP contribution in [0.2, 0.25) is 0 Å². The number of anilines is 1. The van der Waals surface area contributed by atoms with Crippen molar-refractivity contribution < 1.29 is 28.3 Å². The number of benzene rings is 2. The highest BCUT2D eigenvalue weighted by atomic mass is 19.1. The molecular weight excluding hydrogens is 369 g/mol. The molecule has 0 bridgehead atoms. The maximum Gasteiger partial charge on any atom is 0.328 e. The Morgan fingerprint density at radius 2 is 1.46 bits per heavy atom. The van der Waals surface area contributed by atoms with Crippen molar-refractivity contribution in [1.29, 1.82) is 0 Å². The van der Waals surface area contributed by atoms with Gasteiger partial charge in [-0.15, -0.1) is 0 Å². The van der Waals surface area contributed by atoms with Crippen molar-refractivity contribution in [3.8, 4) is 11.5 Å². The Hall–Kier alpha value is -3.75. The van der Waals surface area contributed by atoms with Crippen LogP contribution < -0.4 is 20.7 Å². The minimum Gasteiger partial charge on any atom is -0.457 e. The lowest BCUT2D eigenvalue weighted by molar-refractivity contribution is -0.136. The van der Waals surface area contributed by atoms with Crippen LogP contribution in [-0.2, 0) is 14.4 Å². The van der Waals surface area contributed by atoms with Gasteiger partial charge in [-0.1, -0.05) is 0 Å². The van der Waals surface area contributed by atoms with Crippen LogP contribution in [0.15, 0.2) is 48.5 Å². The van der Waals surface area contributed by atoms with Gasteiger partial charge >= 0.3 is 6.03 Å². The predicted octanol–water partition coefficient (Wildman–Crippen LogP) is 2.32. The molecule has 1 aliphatic heterocycles. The van der Waals surface area contributed by atoms with Crippen molar-refractivity contribution in [2.24, 2.45) is 5.92 Å². The fourth-order valence-corrected chi connectivity index (χ4v) is 2.55. The van der Waals surface area contributed by atoms with Crippen molar-refractivity contribution in [1.82, 2.24) is 10.6 Å². The number of nitrogens with one attached hydrogen (secondary N) is 3. The second kappa shape index (κ2) is 8.30. The largest absolute Gasteiger partial charge is 0.457 e. The van der Waals surface area contributed by atoms with Crippen LogP contribution in [0.1, 0.15) is 12.8 Å². The van der Waals surface area contributed by atoms with Gasteiger partial charge in [0.15, 0.2) is 0 Å². The minimum atomic E-state index is -1.09. The SMILES string of the molecule is O=C(CCC1C(=O)NC(=O)NC1=O)Nc1ccc(Oc2ccc(F)cc2)cc1. The van der Waals surface area contributed by atoms with Gasteiger partial charge in [-0.05, 0) is 55.0 Å². The molecule has 1 saturated heterocycles. The van der Waals surface area contributed by atoms with E-state index in [4.69, 9.17) is 4.74 Å². The molecule has 2 aromatic carbocycles. The number of barbiturate groups is 1. The zero-order valence-electron chi connectivity index (χ0n) is 14.5. The molecule has 0 unspecified atom stereocenters. The average Bonchev–Trinajstić information content (AvgIpc) is 2.64. The van der Waals surface area contributed by atoms with Crippen LogP contribution in [0.25, 0.3) is 0 Å². The molecule has 0 saturated carbocycles. The summed E-state index contributed by atoms with van der Waals surface area (Å²) in [5.74, 6) is -2.29. The summed E-state index contributed by atoms with van der Waals surface area (Å²) >= 11 is 0.